The molecule has 2 nitrogen and oxygen atoms in total. The molecular formula is C67H79BN2. The Labute approximate surface area is 422 Å². The van der Waals surface area contributed by atoms with Gasteiger partial charge in [-0.15, -0.1) is 0 Å². The Morgan fingerprint density at radius 3 is 1.37 bits per heavy atom. The molecule has 0 fully saturated rings. The van der Waals surface area contributed by atoms with E-state index in [0.717, 1.165) is 6.42 Å². The van der Waals surface area contributed by atoms with Crippen molar-refractivity contribution < 1.29 is 0 Å². The van der Waals surface area contributed by atoms with Crippen molar-refractivity contribution in [3.8, 4) is 11.1 Å². The Morgan fingerprint density at radius 2 is 0.843 bits per heavy atom. The quantitative estimate of drug-likeness (QED) is 0.159. The van der Waals surface area contributed by atoms with Crippen molar-refractivity contribution in [3.05, 3.63) is 147 Å². The molecule has 12 rings (SSSR count). The molecular weight excluding hydrogens is 844 g/mol. The molecule has 0 atom stereocenters. The second-order valence-corrected chi connectivity index (χ2v) is 28.8. The van der Waals surface area contributed by atoms with E-state index in [1.807, 2.05) is 0 Å². The summed E-state index contributed by atoms with van der Waals surface area (Å²) < 4.78 is 0. The summed E-state index contributed by atoms with van der Waals surface area (Å²) in [6, 6.07) is 38.3. The molecule has 6 aliphatic rings. The molecule has 0 aromatic heterocycles. The highest BCUT2D eigenvalue weighted by Gasteiger charge is 2.50. The van der Waals surface area contributed by atoms with Gasteiger partial charge in [-0.25, -0.2) is 0 Å². The van der Waals surface area contributed by atoms with Crippen LogP contribution in [0.4, 0.5) is 34.1 Å². The van der Waals surface area contributed by atoms with Gasteiger partial charge < -0.3 is 9.80 Å². The second-order valence-electron chi connectivity index (χ2n) is 28.8. The van der Waals surface area contributed by atoms with Gasteiger partial charge in [-0.2, -0.15) is 0 Å². The molecule has 2 aliphatic heterocycles. The van der Waals surface area contributed by atoms with Crippen LogP contribution < -0.4 is 26.2 Å². The average Bonchev–Trinajstić information content (AvgIpc) is 3.61. The zero-order valence-electron chi connectivity index (χ0n) is 46.2. The van der Waals surface area contributed by atoms with E-state index in [-0.39, 0.29) is 50.0 Å². The van der Waals surface area contributed by atoms with Crippen LogP contribution in [0.3, 0.4) is 0 Å². The van der Waals surface area contributed by atoms with Crippen LogP contribution in [0.15, 0.2) is 91.0 Å². The molecule has 0 amide bonds. The first kappa shape index (κ1) is 46.1. The summed E-state index contributed by atoms with van der Waals surface area (Å²) in [7, 11) is 0. The predicted molar refractivity (Wildman–Crippen MR) is 303 cm³/mol. The highest BCUT2D eigenvalue weighted by atomic mass is 15.2. The summed E-state index contributed by atoms with van der Waals surface area (Å²) in [5.74, 6) is 0. The number of anilines is 6. The van der Waals surface area contributed by atoms with Crippen LogP contribution in [-0.4, -0.2) is 6.71 Å². The van der Waals surface area contributed by atoms with Gasteiger partial charge in [-0.3, -0.25) is 0 Å². The molecule has 0 bridgehead atoms. The Balaban J connectivity index is 1.18. The number of aryl methyl sites for hydroxylation is 1. The molecule has 3 heteroatoms. The molecule has 0 saturated heterocycles. The number of benzene rings is 6. The number of hydrogen-bond acceptors (Lipinski definition) is 2. The Bertz CT molecular complexity index is 3290. The first-order chi connectivity index (χ1) is 32.4. The lowest BCUT2D eigenvalue weighted by molar-refractivity contribution is 0.332. The van der Waals surface area contributed by atoms with Crippen LogP contribution in [0.1, 0.15) is 205 Å². The van der Waals surface area contributed by atoms with Crippen molar-refractivity contribution in [2.45, 2.75) is 200 Å². The first-order valence-electron chi connectivity index (χ1n) is 27.0. The minimum absolute atomic E-state index is 0.0496. The molecule has 6 aromatic carbocycles. The van der Waals surface area contributed by atoms with Crippen LogP contribution in [0.2, 0.25) is 0 Å². The molecule has 0 radical (unpaired) electrons. The molecule has 0 N–H and O–H groups in total. The van der Waals surface area contributed by atoms with E-state index in [2.05, 4.69) is 225 Å². The third-order valence-electron chi connectivity index (χ3n) is 19.5. The van der Waals surface area contributed by atoms with Gasteiger partial charge in [0.25, 0.3) is 6.71 Å². The summed E-state index contributed by atoms with van der Waals surface area (Å²) in [6.07, 6.45) is 5.91. The monoisotopic (exact) mass is 923 g/mol. The van der Waals surface area contributed by atoms with Gasteiger partial charge in [0.05, 0.1) is 0 Å². The summed E-state index contributed by atoms with van der Waals surface area (Å²) in [5.41, 5.74) is 30.0. The minimum Gasteiger partial charge on any atom is -0.311 e. The first-order valence-corrected chi connectivity index (χ1v) is 27.0. The van der Waals surface area contributed by atoms with Crippen LogP contribution in [-0.2, 0) is 43.3 Å². The lowest BCUT2D eigenvalue weighted by atomic mass is 9.33. The SMILES string of the molecule is Cc1cc2c3c(c1)N(c1ccc4c(c1)-c1ccc(C(C)(C)C)cc1C4(C)C)c1cc4c(cc1B3c1cc3c(cc1N2c1ccc2c(c1)C(C)(C)CCC2(C)C)C(C)(C)CCC3(C)C)C(C)(C)CC4(C)C. The largest absolute Gasteiger partial charge is 0.311 e. The fourth-order valence-corrected chi connectivity index (χ4v) is 15.3. The predicted octanol–water partition coefficient (Wildman–Crippen LogP) is 16.3. The smallest absolute Gasteiger partial charge is 0.252 e. The average molecular weight is 923 g/mol. The van der Waals surface area contributed by atoms with E-state index >= 15 is 0 Å². The van der Waals surface area contributed by atoms with Crippen molar-refractivity contribution in [2.24, 2.45) is 0 Å². The lowest BCUT2D eigenvalue weighted by Crippen LogP contribution is -2.62. The molecule has 70 heavy (non-hydrogen) atoms. The van der Waals surface area contributed by atoms with Gasteiger partial charge in [0.15, 0.2) is 0 Å². The third-order valence-corrected chi connectivity index (χ3v) is 19.5. The standard InChI is InChI=1S/C67H79BN2/c1-39-29-57-59-58(30-39)70(42-21-24-46-48(33-42)62(7,8)26-25-61(46,5)6)55-36-51-49(63(9,10)27-28-64(51,11)12)34-53(55)68(59)54-35-50-52(66(15,16)38-65(50,13)14)37-56(54)69(57)41-20-23-45-44(32-41)43-22-19-40(60(2,3)4)31-47(43)67(45,17)18/h19-24,29-37H,25-28,38H2,1-18H3. The van der Waals surface area contributed by atoms with Crippen LogP contribution in [0, 0.1) is 6.92 Å². The van der Waals surface area contributed by atoms with Crippen LogP contribution in [0.25, 0.3) is 11.1 Å². The van der Waals surface area contributed by atoms with E-state index in [4.69, 9.17) is 0 Å². The Morgan fingerprint density at radius 1 is 0.400 bits per heavy atom. The fraction of sp³-hybridized carbons (Fsp3) is 0.463. The summed E-state index contributed by atoms with van der Waals surface area (Å²) >= 11 is 0. The number of nitrogens with zero attached hydrogens (tertiary/aromatic N) is 2. The second kappa shape index (κ2) is 13.9. The maximum Gasteiger partial charge on any atom is 0.252 e. The lowest BCUT2D eigenvalue weighted by Gasteiger charge is -2.48. The summed E-state index contributed by atoms with van der Waals surface area (Å²) in [5, 5.41) is 0. The van der Waals surface area contributed by atoms with Crippen molar-refractivity contribution in [1.29, 1.82) is 0 Å². The van der Waals surface area contributed by atoms with Crippen molar-refractivity contribution in [1.82, 2.24) is 0 Å². The maximum atomic E-state index is 2.73. The molecule has 2 heterocycles. The van der Waals surface area contributed by atoms with Crippen LogP contribution in [0.5, 0.6) is 0 Å². The number of hydrogen-bond donors (Lipinski definition) is 0. The molecule has 0 spiro atoms. The van der Waals surface area contributed by atoms with Crippen LogP contribution >= 0.6 is 0 Å². The normalized spacial score (nSPS) is 21.4. The zero-order chi connectivity index (χ0) is 50.0. The van der Waals surface area contributed by atoms with E-state index < -0.39 is 0 Å². The van der Waals surface area contributed by atoms with Gasteiger partial charge in [-0.05, 0) is 209 Å². The molecule has 6 aromatic rings. The molecule has 0 saturated carbocycles. The van der Waals surface area contributed by atoms with Gasteiger partial charge in [-0.1, -0.05) is 160 Å². The minimum atomic E-state index is -0.0986. The summed E-state index contributed by atoms with van der Waals surface area (Å²) in [6.45, 7) is 44.2. The van der Waals surface area contributed by atoms with Gasteiger partial charge in [0.2, 0.25) is 0 Å². The highest BCUT2D eigenvalue weighted by Crippen LogP contribution is 2.57. The molecule has 4 aliphatic carbocycles. The topological polar surface area (TPSA) is 6.48 Å². The summed E-state index contributed by atoms with van der Waals surface area (Å²) in [4.78, 5) is 5.44. The van der Waals surface area contributed by atoms with Crippen molar-refractivity contribution in [3.63, 3.8) is 0 Å². The molecule has 0 unspecified atom stereocenters. The zero-order valence-corrected chi connectivity index (χ0v) is 46.2. The third kappa shape index (κ3) is 6.30. The molecule has 360 valence electrons. The van der Waals surface area contributed by atoms with E-state index in [9.17, 15) is 0 Å². The van der Waals surface area contributed by atoms with E-state index in [1.165, 1.54) is 143 Å². The highest BCUT2D eigenvalue weighted by molar-refractivity contribution is 7.00. The Hall–Kier alpha value is -5.02. The van der Waals surface area contributed by atoms with Gasteiger partial charge in [0.1, 0.15) is 0 Å². The fourth-order valence-electron chi connectivity index (χ4n) is 15.3. The van der Waals surface area contributed by atoms with Gasteiger partial charge >= 0.3 is 0 Å². The number of rotatable bonds is 2. The van der Waals surface area contributed by atoms with E-state index in [0.29, 0.717) is 0 Å². The maximum absolute atomic E-state index is 2.73. The van der Waals surface area contributed by atoms with E-state index in [1.54, 1.807) is 0 Å². The Kier molecular flexibility index (Phi) is 9.17. The number of fused-ring (bicyclic) bond motifs is 10. The van der Waals surface area contributed by atoms with Crippen molar-refractivity contribution >= 4 is 57.2 Å². The van der Waals surface area contributed by atoms with Crippen molar-refractivity contribution in [2.75, 3.05) is 9.80 Å². The van der Waals surface area contributed by atoms with Gasteiger partial charge in [0, 0.05) is 39.5 Å².